The van der Waals surface area contributed by atoms with Gasteiger partial charge >= 0.3 is 0 Å². The SMILES string of the molecule is NC(=O)c1ccc(CN(Sc2c(F)c(F)c(F)c(F)c2F)C2CC2)cc1. The van der Waals surface area contributed by atoms with Crippen LogP contribution in [0.1, 0.15) is 28.8 Å². The van der Waals surface area contributed by atoms with Gasteiger partial charge in [-0.05, 0) is 42.5 Å². The summed E-state index contributed by atoms with van der Waals surface area (Å²) in [7, 11) is 0. The van der Waals surface area contributed by atoms with Gasteiger partial charge in [0.05, 0.1) is 0 Å². The Hall–Kier alpha value is -2.13. The van der Waals surface area contributed by atoms with Crippen LogP contribution in [0.3, 0.4) is 0 Å². The van der Waals surface area contributed by atoms with Crippen molar-refractivity contribution in [1.29, 1.82) is 0 Å². The van der Waals surface area contributed by atoms with E-state index in [9.17, 15) is 26.7 Å². The molecule has 2 aromatic carbocycles. The van der Waals surface area contributed by atoms with Crippen LogP contribution in [0.5, 0.6) is 0 Å². The summed E-state index contributed by atoms with van der Waals surface area (Å²) in [5.41, 5.74) is 6.17. The van der Waals surface area contributed by atoms with Gasteiger partial charge in [-0.15, -0.1) is 0 Å². The van der Waals surface area contributed by atoms with Crippen molar-refractivity contribution >= 4 is 17.9 Å². The molecule has 138 valence electrons. The highest BCUT2D eigenvalue weighted by molar-refractivity contribution is 7.97. The molecule has 2 N–H and O–H groups in total. The first kappa shape index (κ1) is 18.7. The van der Waals surface area contributed by atoms with E-state index in [0.29, 0.717) is 23.1 Å². The first-order valence-electron chi connectivity index (χ1n) is 7.64. The van der Waals surface area contributed by atoms with Crippen LogP contribution in [0.2, 0.25) is 0 Å². The minimum Gasteiger partial charge on any atom is -0.366 e. The Labute approximate surface area is 150 Å². The Morgan fingerprint density at radius 1 is 0.962 bits per heavy atom. The molecule has 1 fully saturated rings. The van der Waals surface area contributed by atoms with E-state index in [0.717, 1.165) is 12.8 Å². The molecule has 1 amide bonds. The number of primary amides is 1. The average Bonchev–Trinajstić information content (AvgIpc) is 3.46. The number of halogens is 5. The van der Waals surface area contributed by atoms with Crippen molar-refractivity contribution in [2.75, 3.05) is 0 Å². The maximum atomic E-state index is 13.9. The molecule has 0 unspecified atom stereocenters. The van der Waals surface area contributed by atoms with Crippen molar-refractivity contribution in [1.82, 2.24) is 4.31 Å². The van der Waals surface area contributed by atoms with Gasteiger partial charge in [-0.25, -0.2) is 26.3 Å². The van der Waals surface area contributed by atoms with E-state index in [1.807, 2.05) is 0 Å². The van der Waals surface area contributed by atoms with Gasteiger partial charge in [-0.2, -0.15) is 0 Å². The third kappa shape index (κ3) is 3.68. The number of benzene rings is 2. The van der Waals surface area contributed by atoms with Gasteiger partial charge in [0, 0.05) is 18.2 Å². The predicted octanol–water partition coefficient (Wildman–Crippen LogP) is 4.15. The van der Waals surface area contributed by atoms with E-state index < -0.39 is 39.9 Å². The molecule has 0 saturated heterocycles. The molecule has 9 heteroatoms. The molecule has 1 aliphatic rings. The molecule has 26 heavy (non-hydrogen) atoms. The Balaban J connectivity index is 1.85. The number of hydrogen-bond acceptors (Lipinski definition) is 3. The topological polar surface area (TPSA) is 46.3 Å². The Kier molecular flexibility index (Phi) is 5.19. The maximum Gasteiger partial charge on any atom is 0.248 e. The van der Waals surface area contributed by atoms with Crippen molar-refractivity contribution in [3.63, 3.8) is 0 Å². The van der Waals surface area contributed by atoms with Crippen molar-refractivity contribution in [2.45, 2.75) is 30.3 Å². The van der Waals surface area contributed by atoms with E-state index >= 15 is 0 Å². The average molecular weight is 388 g/mol. The van der Waals surface area contributed by atoms with Gasteiger partial charge in [0.2, 0.25) is 11.7 Å². The molecule has 1 saturated carbocycles. The van der Waals surface area contributed by atoms with Crippen molar-refractivity contribution < 1.29 is 26.7 Å². The van der Waals surface area contributed by atoms with Crippen LogP contribution in [0.25, 0.3) is 0 Å². The molecule has 0 spiro atoms. The molecular formula is C17H13F5N2OS. The third-order valence-electron chi connectivity index (χ3n) is 3.91. The van der Waals surface area contributed by atoms with Crippen LogP contribution < -0.4 is 5.73 Å². The van der Waals surface area contributed by atoms with E-state index in [1.54, 1.807) is 16.4 Å². The lowest BCUT2D eigenvalue weighted by Crippen LogP contribution is -2.19. The highest BCUT2D eigenvalue weighted by Gasteiger charge is 2.34. The third-order valence-corrected chi connectivity index (χ3v) is 5.11. The number of carbonyl (C=O) groups is 1. The van der Waals surface area contributed by atoms with Crippen molar-refractivity contribution in [2.24, 2.45) is 5.73 Å². The number of amides is 1. The fourth-order valence-electron chi connectivity index (χ4n) is 2.33. The molecular weight excluding hydrogens is 375 g/mol. The highest BCUT2D eigenvalue weighted by Crippen LogP contribution is 2.40. The number of hydrogen-bond donors (Lipinski definition) is 1. The monoisotopic (exact) mass is 388 g/mol. The van der Waals surface area contributed by atoms with Crippen LogP contribution in [0, 0.1) is 29.1 Å². The molecule has 0 atom stereocenters. The minimum absolute atomic E-state index is 0.0363. The summed E-state index contributed by atoms with van der Waals surface area (Å²) in [5, 5.41) is 0. The van der Waals surface area contributed by atoms with Crippen molar-refractivity contribution in [3.05, 3.63) is 64.5 Å². The van der Waals surface area contributed by atoms with Crippen LogP contribution in [0.15, 0.2) is 29.2 Å². The highest BCUT2D eigenvalue weighted by atomic mass is 32.2. The number of nitrogens with two attached hydrogens (primary N) is 1. The van der Waals surface area contributed by atoms with Gasteiger partial charge in [0.25, 0.3) is 0 Å². The van der Waals surface area contributed by atoms with Crippen LogP contribution in [-0.2, 0) is 6.54 Å². The fourth-order valence-corrected chi connectivity index (χ4v) is 3.48. The lowest BCUT2D eigenvalue weighted by atomic mass is 10.1. The second-order valence-corrected chi connectivity index (χ2v) is 6.92. The summed E-state index contributed by atoms with van der Waals surface area (Å²) in [5.74, 6) is -10.4. The normalized spacial score (nSPS) is 14.1. The zero-order chi connectivity index (χ0) is 19.0. The maximum absolute atomic E-state index is 13.9. The fraction of sp³-hybridized carbons (Fsp3) is 0.235. The largest absolute Gasteiger partial charge is 0.366 e. The Morgan fingerprint density at radius 2 is 1.46 bits per heavy atom. The van der Waals surface area contributed by atoms with Gasteiger partial charge in [-0.3, -0.25) is 4.79 Å². The summed E-state index contributed by atoms with van der Waals surface area (Å²) in [6.07, 6.45) is 1.50. The second kappa shape index (κ2) is 7.24. The summed E-state index contributed by atoms with van der Waals surface area (Å²) < 4.78 is 69.3. The van der Waals surface area contributed by atoms with Crippen LogP contribution in [0.4, 0.5) is 22.0 Å². The van der Waals surface area contributed by atoms with Gasteiger partial charge < -0.3 is 5.73 Å². The van der Waals surface area contributed by atoms with E-state index in [2.05, 4.69) is 0 Å². The van der Waals surface area contributed by atoms with Gasteiger partial charge in [-0.1, -0.05) is 12.1 Å². The Bertz CT molecular complexity index is 826. The minimum atomic E-state index is -2.18. The molecule has 3 nitrogen and oxygen atoms in total. The molecule has 0 aliphatic heterocycles. The lowest BCUT2D eigenvalue weighted by molar-refractivity contribution is 0.1000. The smallest absolute Gasteiger partial charge is 0.248 e. The molecule has 1 aliphatic carbocycles. The van der Waals surface area contributed by atoms with Crippen LogP contribution in [-0.4, -0.2) is 16.3 Å². The summed E-state index contributed by atoms with van der Waals surface area (Å²) in [6.45, 7) is 0.202. The first-order chi connectivity index (χ1) is 12.3. The number of rotatable bonds is 6. The van der Waals surface area contributed by atoms with E-state index in [1.165, 1.54) is 12.1 Å². The molecule has 0 aromatic heterocycles. The van der Waals surface area contributed by atoms with E-state index in [-0.39, 0.29) is 12.6 Å². The zero-order valence-electron chi connectivity index (χ0n) is 13.2. The molecule has 2 aromatic rings. The summed E-state index contributed by atoms with van der Waals surface area (Å²) in [6, 6.07) is 6.21. The standard InChI is InChI=1S/C17H13F5N2OS/c18-11-12(19)14(21)16(15(22)13(11)20)26-24(10-5-6-10)7-8-1-3-9(4-2-8)17(23)25/h1-4,10H,5-7H2,(H2,23,25). The summed E-state index contributed by atoms with van der Waals surface area (Å²) >= 11 is 0.500. The van der Waals surface area contributed by atoms with E-state index in [4.69, 9.17) is 5.73 Å². The molecule has 0 heterocycles. The molecule has 3 rings (SSSR count). The number of nitrogens with zero attached hydrogens (tertiary/aromatic N) is 1. The quantitative estimate of drug-likeness (QED) is 0.350. The molecule has 0 radical (unpaired) electrons. The first-order valence-corrected chi connectivity index (χ1v) is 8.41. The van der Waals surface area contributed by atoms with Gasteiger partial charge in [0.1, 0.15) is 4.90 Å². The Morgan fingerprint density at radius 3 is 1.92 bits per heavy atom. The summed E-state index contributed by atoms with van der Waals surface area (Å²) in [4.78, 5) is 10.2. The number of carbonyl (C=O) groups excluding carboxylic acids is 1. The second-order valence-electron chi connectivity index (χ2n) is 5.86. The predicted molar refractivity (Wildman–Crippen MR) is 85.6 cm³/mol. The van der Waals surface area contributed by atoms with Crippen LogP contribution >= 0.6 is 11.9 Å². The van der Waals surface area contributed by atoms with Gasteiger partial charge in [0.15, 0.2) is 23.3 Å². The molecule has 0 bridgehead atoms. The van der Waals surface area contributed by atoms with Crippen molar-refractivity contribution in [3.8, 4) is 0 Å². The lowest BCUT2D eigenvalue weighted by Gasteiger charge is -2.21. The zero-order valence-corrected chi connectivity index (χ0v) is 14.1.